The molecule has 0 aliphatic carbocycles. The fourth-order valence-electron chi connectivity index (χ4n) is 3.49. The molecule has 3 unspecified atom stereocenters. The van der Waals surface area contributed by atoms with Crippen molar-refractivity contribution < 1.29 is 33.0 Å². The van der Waals surface area contributed by atoms with E-state index < -0.39 is 73.3 Å². The SMILES string of the molecule is CC(C)OC(=O)C(C)[AsH]P(=O)(OC[C@H]1O[C@@H](n2c(=O)cc[nH]c2=O)[C@](C)(Cl)[C@@H]1O)Oc1ccccc1. The molecule has 11 nitrogen and oxygen atoms in total. The van der Waals surface area contributed by atoms with E-state index in [0.717, 1.165) is 10.6 Å². The third-order valence-electron chi connectivity index (χ3n) is 5.28. The van der Waals surface area contributed by atoms with Gasteiger partial charge in [0.15, 0.2) is 0 Å². The molecule has 198 valence electrons. The zero-order valence-electron chi connectivity index (χ0n) is 20.1. The normalized spacial score (nSPS) is 26.7. The van der Waals surface area contributed by atoms with Crippen LogP contribution in [0.15, 0.2) is 52.2 Å². The molecule has 2 heterocycles. The standard InChI is InChI=1S/C22H29AsClN2O9P/c1-13(2)33-19(29)14(3)23-36(31,35-15-8-6-5-7-9-15)32-12-16-18(28)22(4,24)20(34-16)26-17(27)10-11-25-21(26)30/h5-11,13-14,16,18,20,23,28H,12H2,1-4H3,(H,25,30)/t14?,16-,18-,20-,22-,36?/m1/s1. The molecule has 0 radical (unpaired) electrons. The maximum absolute atomic E-state index is 13.8. The Kier molecular flexibility index (Phi) is 9.30. The molecule has 0 amide bonds. The molecule has 0 spiro atoms. The van der Waals surface area contributed by atoms with Gasteiger partial charge in [-0.05, 0) is 0 Å². The number of ether oxygens (including phenoxy) is 2. The van der Waals surface area contributed by atoms with Crippen LogP contribution in [0, 0.1) is 0 Å². The van der Waals surface area contributed by atoms with E-state index in [1.807, 2.05) is 0 Å². The van der Waals surface area contributed by atoms with E-state index in [1.54, 1.807) is 51.1 Å². The van der Waals surface area contributed by atoms with Crippen molar-refractivity contribution >= 4 is 39.0 Å². The minimum absolute atomic E-state index is 0.282. The molecule has 14 heteroatoms. The van der Waals surface area contributed by atoms with E-state index in [2.05, 4.69) is 4.98 Å². The summed E-state index contributed by atoms with van der Waals surface area (Å²) >= 11 is 4.79. The summed E-state index contributed by atoms with van der Waals surface area (Å²) < 4.78 is 36.3. The molecule has 1 aliphatic heterocycles. The van der Waals surface area contributed by atoms with Crippen LogP contribution in [0.4, 0.5) is 0 Å². The van der Waals surface area contributed by atoms with Crippen LogP contribution in [-0.4, -0.2) is 65.7 Å². The Bertz CT molecular complexity index is 1190. The van der Waals surface area contributed by atoms with Crippen LogP contribution in [0.5, 0.6) is 5.75 Å². The summed E-state index contributed by atoms with van der Waals surface area (Å²) in [4.78, 5) is 37.7. The number of aliphatic hydroxyl groups is 1. The number of nitrogens with one attached hydrogen (secondary N) is 1. The number of carbonyl (C=O) groups excluding carboxylic acids is 1. The van der Waals surface area contributed by atoms with Crippen LogP contribution < -0.4 is 15.8 Å². The van der Waals surface area contributed by atoms with Gasteiger partial charge in [0, 0.05) is 0 Å². The molecular weight excluding hydrogens is 578 g/mol. The van der Waals surface area contributed by atoms with Crippen molar-refractivity contribution in [3.8, 4) is 5.75 Å². The van der Waals surface area contributed by atoms with Crippen LogP contribution in [0.3, 0.4) is 0 Å². The summed E-state index contributed by atoms with van der Waals surface area (Å²) in [6.45, 7) is 6.00. The Balaban J connectivity index is 1.81. The van der Waals surface area contributed by atoms with E-state index >= 15 is 0 Å². The third-order valence-corrected chi connectivity index (χ3v) is 13.6. The Morgan fingerprint density at radius 2 is 1.94 bits per heavy atom. The zero-order chi connectivity index (χ0) is 26.7. The Morgan fingerprint density at radius 3 is 2.56 bits per heavy atom. The predicted molar refractivity (Wildman–Crippen MR) is 134 cm³/mol. The van der Waals surface area contributed by atoms with Gasteiger partial charge in [0.25, 0.3) is 0 Å². The van der Waals surface area contributed by atoms with E-state index in [1.165, 1.54) is 13.1 Å². The van der Waals surface area contributed by atoms with Crippen molar-refractivity contribution in [3.63, 3.8) is 0 Å². The first kappa shape index (κ1) is 28.7. The van der Waals surface area contributed by atoms with E-state index in [-0.39, 0.29) is 11.9 Å². The average Bonchev–Trinajstić information content (AvgIpc) is 3.01. The van der Waals surface area contributed by atoms with Crippen molar-refractivity contribution in [1.29, 1.82) is 0 Å². The molecule has 36 heavy (non-hydrogen) atoms. The van der Waals surface area contributed by atoms with Crippen LogP contribution in [-0.2, 0) is 23.4 Å². The number of hydrogen-bond donors (Lipinski definition) is 2. The fraction of sp³-hybridized carbons (Fsp3) is 0.500. The van der Waals surface area contributed by atoms with Crippen molar-refractivity contribution in [2.75, 3.05) is 6.61 Å². The van der Waals surface area contributed by atoms with E-state index in [9.17, 15) is 24.1 Å². The maximum atomic E-state index is 13.8. The van der Waals surface area contributed by atoms with Gasteiger partial charge in [-0.15, -0.1) is 0 Å². The number of aromatic nitrogens is 2. The van der Waals surface area contributed by atoms with Gasteiger partial charge in [-0.3, -0.25) is 0 Å². The second-order valence-electron chi connectivity index (χ2n) is 8.65. The number of aromatic amines is 1. The number of rotatable bonds is 10. The van der Waals surface area contributed by atoms with Gasteiger partial charge in [0.1, 0.15) is 0 Å². The third kappa shape index (κ3) is 6.71. The van der Waals surface area contributed by atoms with Crippen LogP contribution in [0.25, 0.3) is 0 Å². The molecule has 0 bridgehead atoms. The zero-order valence-corrected chi connectivity index (χ0v) is 23.9. The molecule has 1 aromatic heterocycles. The molecule has 1 fully saturated rings. The summed E-state index contributed by atoms with van der Waals surface area (Å²) in [6.07, 6.45) is -6.91. The van der Waals surface area contributed by atoms with Crippen molar-refractivity contribution in [1.82, 2.24) is 9.55 Å². The molecule has 1 aromatic carbocycles. The van der Waals surface area contributed by atoms with Crippen LogP contribution in [0.2, 0.25) is 4.71 Å². The average molecular weight is 607 g/mol. The first-order valence-corrected chi connectivity index (χ1v) is 17.1. The summed E-state index contributed by atoms with van der Waals surface area (Å²) in [5.41, 5.74) is -1.44. The first-order valence-electron chi connectivity index (χ1n) is 11.1. The summed E-state index contributed by atoms with van der Waals surface area (Å²) in [6, 6.07) is 9.46. The fourth-order valence-corrected chi connectivity index (χ4v) is 11.0. The second kappa shape index (κ2) is 11.7. The molecule has 3 rings (SSSR count). The van der Waals surface area contributed by atoms with Gasteiger partial charge in [0.05, 0.1) is 0 Å². The number of esters is 1. The number of nitrogens with zero attached hydrogens (tertiary/aromatic N) is 1. The number of benzene rings is 1. The van der Waals surface area contributed by atoms with E-state index in [4.69, 9.17) is 30.1 Å². The number of alkyl halides is 1. The number of aliphatic hydroxyl groups excluding tert-OH is 1. The van der Waals surface area contributed by atoms with Crippen LogP contribution >= 0.6 is 17.8 Å². The van der Waals surface area contributed by atoms with Crippen LogP contribution in [0.1, 0.15) is 33.9 Å². The van der Waals surface area contributed by atoms with Gasteiger partial charge in [-0.25, -0.2) is 0 Å². The Morgan fingerprint density at radius 1 is 1.28 bits per heavy atom. The van der Waals surface area contributed by atoms with E-state index in [0.29, 0.717) is 0 Å². The van der Waals surface area contributed by atoms with Gasteiger partial charge < -0.3 is 0 Å². The molecular formula is C22H29AsClN2O9P. The predicted octanol–water partition coefficient (Wildman–Crippen LogP) is 2.19. The number of carbonyl (C=O) groups is 1. The Labute approximate surface area is 218 Å². The van der Waals surface area contributed by atoms with Crippen molar-refractivity contribution in [3.05, 3.63) is 63.4 Å². The Hall–Kier alpha value is -1.87. The molecule has 0 saturated carbocycles. The number of H-pyrrole nitrogens is 1. The molecule has 2 aromatic rings. The van der Waals surface area contributed by atoms with Gasteiger partial charge in [-0.2, -0.15) is 0 Å². The molecule has 1 aliphatic rings. The van der Waals surface area contributed by atoms with Gasteiger partial charge in [-0.1, -0.05) is 0 Å². The molecule has 7 atom stereocenters. The monoisotopic (exact) mass is 606 g/mol. The number of halogens is 1. The first-order chi connectivity index (χ1) is 16.8. The second-order valence-corrected chi connectivity index (χ2v) is 18.0. The topological polar surface area (TPSA) is 146 Å². The summed E-state index contributed by atoms with van der Waals surface area (Å²) in [5.74, 6) is -0.233. The minimum atomic E-state index is -3.87. The number of hydrogen-bond acceptors (Lipinski definition) is 9. The number of para-hydroxylation sites is 1. The molecule has 2 N–H and O–H groups in total. The summed E-state index contributed by atoms with van der Waals surface area (Å²) in [5, 5.41) is 10.8. The van der Waals surface area contributed by atoms with Gasteiger partial charge >= 0.3 is 219 Å². The summed E-state index contributed by atoms with van der Waals surface area (Å²) in [7, 11) is 0. The van der Waals surface area contributed by atoms with Gasteiger partial charge in [0.2, 0.25) is 0 Å². The quantitative estimate of drug-likeness (QED) is 0.180. The van der Waals surface area contributed by atoms with Crippen molar-refractivity contribution in [2.24, 2.45) is 0 Å². The van der Waals surface area contributed by atoms with Crippen molar-refractivity contribution in [2.45, 2.75) is 61.8 Å². The molecule has 1 saturated heterocycles.